The third kappa shape index (κ3) is 4.74. The molecule has 0 spiro atoms. The fourth-order valence-electron chi connectivity index (χ4n) is 5.22. The maximum atomic E-state index is 12.8. The van der Waals surface area contributed by atoms with Crippen molar-refractivity contribution >= 4 is 24.5 Å². The zero-order valence-corrected chi connectivity index (χ0v) is 21.2. The molecule has 0 aliphatic carbocycles. The van der Waals surface area contributed by atoms with Crippen LogP contribution in [0, 0.1) is 0 Å². The molecule has 3 aromatic carbocycles. The highest BCUT2D eigenvalue weighted by atomic mass is 28.4. The maximum absolute atomic E-state index is 12.8. The Kier molecular flexibility index (Phi) is 6.98. The molecule has 3 aromatic rings. The van der Waals surface area contributed by atoms with E-state index in [9.17, 15) is 4.79 Å². The molecule has 0 N–H and O–H groups in total. The second-order valence-electron chi connectivity index (χ2n) is 10.1. The maximum Gasteiger partial charge on any atom is 0.261 e. The highest BCUT2D eigenvalue weighted by Crippen LogP contribution is 2.37. The molecule has 1 fully saturated rings. The van der Waals surface area contributed by atoms with Crippen LogP contribution in [-0.2, 0) is 15.8 Å². The molecular formula is C29H35NO2Si. The van der Waals surface area contributed by atoms with E-state index in [2.05, 4.69) is 111 Å². The van der Waals surface area contributed by atoms with Gasteiger partial charge in [-0.05, 0) is 27.9 Å². The second-order valence-corrected chi connectivity index (χ2v) is 14.4. The van der Waals surface area contributed by atoms with E-state index in [0.29, 0.717) is 18.8 Å². The Labute approximate surface area is 199 Å². The number of ketones is 1. The van der Waals surface area contributed by atoms with Crippen LogP contribution in [-0.4, -0.2) is 37.7 Å². The summed E-state index contributed by atoms with van der Waals surface area (Å²) in [5, 5.41) is 2.47. The molecule has 4 rings (SSSR count). The predicted octanol–water partition coefficient (Wildman–Crippen LogP) is 4.80. The number of hydrogen-bond acceptors (Lipinski definition) is 3. The van der Waals surface area contributed by atoms with E-state index in [1.165, 1.54) is 15.9 Å². The normalized spacial score (nSPS) is 19.7. The Bertz CT molecular complexity index is 1010. The van der Waals surface area contributed by atoms with Crippen molar-refractivity contribution < 1.29 is 9.22 Å². The van der Waals surface area contributed by atoms with E-state index in [0.717, 1.165) is 6.54 Å². The van der Waals surface area contributed by atoms with Gasteiger partial charge in [-0.3, -0.25) is 9.69 Å². The summed E-state index contributed by atoms with van der Waals surface area (Å²) in [6.07, 6.45) is 0.548. The van der Waals surface area contributed by atoms with Crippen molar-refractivity contribution in [3.63, 3.8) is 0 Å². The minimum atomic E-state index is -2.62. The summed E-state index contributed by atoms with van der Waals surface area (Å²) in [6.45, 7) is 10.2. The molecule has 3 nitrogen and oxygen atoms in total. The van der Waals surface area contributed by atoms with Crippen molar-refractivity contribution in [3.05, 3.63) is 96.6 Å². The molecular weight excluding hydrogens is 422 g/mol. The third-order valence-electron chi connectivity index (χ3n) is 6.99. The van der Waals surface area contributed by atoms with E-state index >= 15 is 0 Å². The number of carbonyl (C=O) groups excluding carboxylic acids is 1. The summed E-state index contributed by atoms with van der Waals surface area (Å²) < 4.78 is 7.16. The van der Waals surface area contributed by atoms with Gasteiger partial charge in [-0.15, -0.1) is 0 Å². The van der Waals surface area contributed by atoms with Crippen LogP contribution in [0.2, 0.25) is 5.04 Å². The Morgan fingerprint density at radius 3 is 1.82 bits per heavy atom. The molecule has 1 saturated heterocycles. The highest BCUT2D eigenvalue weighted by Gasteiger charge is 2.51. The smallest absolute Gasteiger partial charge is 0.261 e. The van der Waals surface area contributed by atoms with E-state index in [-0.39, 0.29) is 17.1 Å². The molecule has 0 amide bonds. The number of benzene rings is 3. The summed E-state index contributed by atoms with van der Waals surface area (Å²) in [5.74, 6) is 0.307. The van der Waals surface area contributed by atoms with Crippen molar-refractivity contribution in [1.29, 1.82) is 0 Å². The summed E-state index contributed by atoms with van der Waals surface area (Å²) in [5.41, 5.74) is 1.23. The minimum absolute atomic E-state index is 0.0752. The highest BCUT2D eigenvalue weighted by molar-refractivity contribution is 6.99. The summed E-state index contributed by atoms with van der Waals surface area (Å²) >= 11 is 0. The Balaban J connectivity index is 1.69. The topological polar surface area (TPSA) is 29.5 Å². The number of likely N-dealkylation sites (tertiary alicyclic amines) is 1. The first-order valence-corrected chi connectivity index (χ1v) is 13.8. The van der Waals surface area contributed by atoms with Crippen molar-refractivity contribution in [2.75, 3.05) is 6.61 Å². The first kappa shape index (κ1) is 23.6. The van der Waals surface area contributed by atoms with Gasteiger partial charge in [0.15, 0.2) is 5.78 Å². The van der Waals surface area contributed by atoms with Gasteiger partial charge < -0.3 is 4.43 Å². The Morgan fingerprint density at radius 1 is 0.848 bits per heavy atom. The van der Waals surface area contributed by atoms with E-state index in [1.54, 1.807) is 0 Å². The van der Waals surface area contributed by atoms with Crippen molar-refractivity contribution in [3.8, 4) is 0 Å². The van der Waals surface area contributed by atoms with Gasteiger partial charge in [0.2, 0.25) is 0 Å². The van der Waals surface area contributed by atoms with Gasteiger partial charge in [-0.2, -0.15) is 0 Å². The first-order chi connectivity index (χ1) is 15.8. The zero-order valence-electron chi connectivity index (χ0n) is 20.2. The molecule has 4 heteroatoms. The predicted molar refractivity (Wildman–Crippen MR) is 138 cm³/mol. The monoisotopic (exact) mass is 457 g/mol. The van der Waals surface area contributed by atoms with Crippen LogP contribution in [0.4, 0.5) is 0 Å². The number of carbonyl (C=O) groups is 1. The number of hydrogen-bond donors (Lipinski definition) is 0. The van der Waals surface area contributed by atoms with Gasteiger partial charge >= 0.3 is 0 Å². The molecule has 172 valence electrons. The summed E-state index contributed by atoms with van der Waals surface area (Å²) in [4.78, 5) is 15.1. The molecule has 33 heavy (non-hydrogen) atoms. The van der Waals surface area contributed by atoms with Gasteiger partial charge in [-0.25, -0.2) is 0 Å². The molecule has 0 aromatic heterocycles. The lowest BCUT2D eigenvalue weighted by Gasteiger charge is -2.44. The van der Waals surface area contributed by atoms with E-state index in [1.807, 2.05) is 13.0 Å². The summed E-state index contributed by atoms with van der Waals surface area (Å²) in [6, 6.07) is 31.9. The number of Topliss-reactive ketones (excluding diaryl/α,β-unsaturated/α-hetero) is 1. The lowest BCUT2D eigenvalue weighted by Crippen LogP contribution is -2.67. The third-order valence-corrected chi connectivity index (χ3v) is 12.0. The van der Waals surface area contributed by atoms with Gasteiger partial charge in [0.1, 0.15) is 0 Å². The largest absolute Gasteiger partial charge is 0.406 e. The van der Waals surface area contributed by atoms with Gasteiger partial charge in [-0.1, -0.05) is 112 Å². The summed E-state index contributed by atoms with van der Waals surface area (Å²) in [7, 11) is -2.62. The van der Waals surface area contributed by atoms with Gasteiger partial charge in [0.05, 0.1) is 12.6 Å². The van der Waals surface area contributed by atoms with Crippen LogP contribution in [0.3, 0.4) is 0 Å². The van der Waals surface area contributed by atoms with Crippen LogP contribution < -0.4 is 10.4 Å². The fourth-order valence-corrected chi connectivity index (χ4v) is 9.82. The number of rotatable bonds is 7. The lowest BCUT2D eigenvalue weighted by molar-refractivity contribution is -0.119. The zero-order chi connectivity index (χ0) is 23.5. The Hall–Kier alpha value is -2.53. The molecule has 0 radical (unpaired) electrons. The first-order valence-electron chi connectivity index (χ1n) is 11.9. The van der Waals surface area contributed by atoms with Gasteiger partial charge in [0, 0.05) is 19.0 Å². The van der Waals surface area contributed by atoms with Crippen molar-refractivity contribution in [1.82, 2.24) is 4.90 Å². The quantitative estimate of drug-likeness (QED) is 0.478. The van der Waals surface area contributed by atoms with E-state index < -0.39 is 8.32 Å². The van der Waals surface area contributed by atoms with Crippen molar-refractivity contribution in [2.45, 2.75) is 57.8 Å². The molecule has 2 atom stereocenters. The molecule has 1 aliphatic rings. The number of nitrogens with zero attached hydrogens (tertiary/aromatic N) is 1. The minimum Gasteiger partial charge on any atom is -0.406 e. The van der Waals surface area contributed by atoms with Crippen molar-refractivity contribution in [2.24, 2.45) is 0 Å². The average molecular weight is 458 g/mol. The lowest BCUT2D eigenvalue weighted by atomic mass is 10.2. The van der Waals surface area contributed by atoms with E-state index in [4.69, 9.17) is 4.43 Å². The molecule has 1 heterocycles. The van der Waals surface area contributed by atoms with Gasteiger partial charge in [0.25, 0.3) is 8.32 Å². The molecule has 1 unspecified atom stereocenters. The average Bonchev–Trinajstić information content (AvgIpc) is 3.08. The van der Waals surface area contributed by atoms with Crippen LogP contribution in [0.5, 0.6) is 0 Å². The molecule has 1 aliphatic heterocycles. The van der Waals surface area contributed by atoms with Crippen LogP contribution in [0.25, 0.3) is 0 Å². The second kappa shape index (κ2) is 9.76. The fraction of sp³-hybridized carbons (Fsp3) is 0.345. The Morgan fingerprint density at radius 2 is 1.33 bits per heavy atom. The van der Waals surface area contributed by atoms with Crippen LogP contribution >= 0.6 is 0 Å². The molecule has 0 bridgehead atoms. The SMILES string of the molecule is CC1C(=O)C[C@@H](CO[Si](c2ccccc2)(c2ccccc2)C(C)(C)C)N1Cc1ccccc1. The standard InChI is InChI=1S/C29H35NO2Si/c1-23-28(31)20-25(30(23)21-24-14-8-5-9-15-24)22-32-33(29(2,3)4,26-16-10-6-11-17-26)27-18-12-7-13-19-27/h5-19,23,25H,20-22H2,1-4H3/t23?,25-/m0/s1. The van der Waals surface area contributed by atoms with Crippen LogP contribution in [0.15, 0.2) is 91.0 Å². The van der Waals surface area contributed by atoms with Crippen LogP contribution in [0.1, 0.15) is 39.7 Å². The molecule has 0 saturated carbocycles.